The minimum absolute atomic E-state index is 0.184. The van der Waals surface area contributed by atoms with E-state index in [1.807, 2.05) is 0 Å². The highest BCUT2D eigenvalue weighted by molar-refractivity contribution is 6.14. The summed E-state index contributed by atoms with van der Waals surface area (Å²) in [5.41, 5.74) is 0.856. The molecule has 1 heterocycles. The van der Waals surface area contributed by atoms with E-state index in [9.17, 15) is 9.59 Å². The molecular formula is C12H12N2O4. The minimum atomic E-state index is -0.529. The lowest BCUT2D eigenvalue weighted by Crippen LogP contribution is -2.22. The fraction of sp³-hybridized carbons (Fsp3) is 0.167. The molecule has 0 bridgehead atoms. The Morgan fingerprint density at radius 2 is 1.89 bits per heavy atom. The van der Waals surface area contributed by atoms with Crippen LogP contribution in [0, 0.1) is 0 Å². The smallest absolute Gasteiger partial charge is 0.326 e. The van der Waals surface area contributed by atoms with Gasteiger partial charge in [-0.3, -0.25) is 10.1 Å². The molecule has 1 aromatic carbocycles. The van der Waals surface area contributed by atoms with Crippen molar-refractivity contribution in [2.75, 3.05) is 14.2 Å². The van der Waals surface area contributed by atoms with Crippen molar-refractivity contribution in [3.63, 3.8) is 0 Å². The zero-order valence-corrected chi connectivity index (χ0v) is 9.94. The Kier molecular flexibility index (Phi) is 3.18. The van der Waals surface area contributed by atoms with Gasteiger partial charge < -0.3 is 14.8 Å². The van der Waals surface area contributed by atoms with Crippen LogP contribution in [0.5, 0.6) is 11.5 Å². The van der Waals surface area contributed by atoms with Crippen LogP contribution >= 0.6 is 0 Å². The number of carbonyl (C=O) groups is 2. The minimum Gasteiger partial charge on any atom is -0.497 e. The summed E-state index contributed by atoms with van der Waals surface area (Å²) in [7, 11) is 3.07. The average molecular weight is 248 g/mol. The van der Waals surface area contributed by atoms with E-state index in [0.29, 0.717) is 17.1 Å². The van der Waals surface area contributed by atoms with E-state index < -0.39 is 11.9 Å². The molecule has 2 N–H and O–H groups in total. The highest BCUT2D eigenvalue weighted by Crippen LogP contribution is 2.26. The quantitative estimate of drug-likeness (QED) is 0.615. The molecule has 1 aliphatic heterocycles. The third kappa shape index (κ3) is 2.27. The zero-order valence-electron chi connectivity index (χ0n) is 9.94. The summed E-state index contributed by atoms with van der Waals surface area (Å²) >= 11 is 0. The number of imide groups is 1. The molecule has 0 saturated carbocycles. The normalized spacial score (nSPS) is 16.4. The molecule has 6 heteroatoms. The van der Waals surface area contributed by atoms with Crippen molar-refractivity contribution in [1.82, 2.24) is 10.6 Å². The summed E-state index contributed by atoms with van der Waals surface area (Å²) in [6.07, 6.45) is 1.54. The molecule has 0 unspecified atom stereocenters. The maximum absolute atomic E-state index is 11.4. The number of amides is 3. The predicted octanol–water partition coefficient (Wildman–Crippen LogP) is 0.884. The van der Waals surface area contributed by atoms with Crippen molar-refractivity contribution in [3.8, 4) is 11.5 Å². The number of methoxy groups -OCH3 is 2. The van der Waals surface area contributed by atoms with Gasteiger partial charge >= 0.3 is 6.03 Å². The van der Waals surface area contributed by atoms with Crippen LogP contribution in [0.2, 0.25) is 0 Å². The Hall–Kier alpha value is -2.50. The van der Waals surface area contributed by atoms with Gasteiger partial charge in [0.05, 0.1) is 14.2 Å². The number of carbonyl (C=O) groups excluding carboxylic acids is 2. The van der Waals surface area contributed by atoms with Gasteiger partial charge in [0.1, 0.15) is 17.2 Å². The first kappa shape index (κ1) is 12.0. The molecular weight excluding hydrogens is 236 g/mol. The van der Waals surface area contributed by atoms with E-state index in [-0.39, 0.29) is 5.70 Å². The zero-order chi connectivity index (χ0) is 13.1. The van der Waals surface area contributed by atoms with Crippen LogP contribution in [0.3, 0.4) is 0 Å². The lowest BCUT2D eigenvalue weighted by Gasteiger charge is -2.07. The Bertz CT molecular complexity index is 537. The standard InChI is InChI=1S/C12H12N2O4/c1-17-8-4-3-7(10(6-8)18-2)5-9-11(15)14-12(16)13-9/h3-6H,1-2H3,(H2,13,14,15,16). The van der Waals surface area contributed by atoms with Gasteiger partial charge in [-0.05, 0) is 18.2 Å². The maximum atomic E-state index is 11.4. The fourth-order valence-electron chi connectivity index (χ4n) is 1.58. The number of ether oxygens (including phenoxy) is 2. The van der Waals surface area contributed by atoms with Gasteiger partial charge in [-0.1, -0.05) is 0 Å². The molecule has 0 spiro atoms. The van der Waals surface area contributed by atoms with Crippen LogP contribution in [-0.4, -0.2) is 26.2 Å². The molecule has 1 aromatic rings. The van der Waals surface area contributed by atoms with Gasteiger partial charge in [0.25, 0.3) is 5.91 Å². The second-order valence-electron chi connectivity index (χ2n) is 3.57. The van der Waals surface area contributed by atoms with Crippen molar-refractivity contribution in [2.24, 2.45) is 0 Å². The maximum Gasteiger partial charge on any atom is 0.326 e. The van der Waals surface area contributed by atoms with Crippen LogP contribution in [0.25, 0.3) is 6.08 Å². The van der Waals surface area contributed by atoms with Crippen molar-refractivity contribution in [1.29, 1.82) is 0 Å². The number of hydrogen-bond donors (Lipinski definition) is 2. The number of benzene rings is 1. The first-order valence-corrected chi connectivity index (χ1v) is 5.20. The molecule has 3 amide bonds. The summed E-state index contributed by atoms with van der Waals surface area (Å²) in [6.45, 7) is 0. The van der Waals surface area contributed by atoms with Gasteiger partial charge in [-0.2, -0.15) is 0 Å². The second-order valence-corrected chi connectivity index (χ2v) is 3.57. The number of nitrogens with one attached hydrogen (secondary N) is 2. The molecule has 1 fully saturated rings. The topological polar surface area (TPSA) is 76.7 Å². The van der Waals surface area contributed by atoms with Gasteiger partial charge in [0.2, 0.25) is 0 Å². The lowest BCUT2D eigenvalue weighted by atomic mass is 10.1. The SMILES string of the molecule is COc1ccc(C=C2NC(=O)NC2=O)c(OC)c1. The third-order valence-corrected chi connectivity index (χ3v) is 2.46. The molecule has 18 heavy (non-hydrogen) atoms. The van der Waals surface area contributed by atoms with E-state index in [2.05, 4.69) is 10.6 Å². The van der Waals surface area contributed by atoms with E-state index in [0.717, 1.165) is 0 Å². The van der Waals surface area contributed by atoms with Crippen molar-refractivity contribution >= 4 is 18.0 Å². The van der Waals surface area contributed by atoms with Crippen LogP contribution in [0.15, 0.2) is 23.9 Å². The molecule has 2 rings (SSSR count). The van der Waals surface area contributed by atoms with E-state index in [1.54, 1.807) is 31.4 Å². The second kappa shape index (κ2) is 4.79. The molecule has 1 aliphatic rings. The molecule has 1 saturated heterocycles. The van der Waals surface area contributed by atoms with Crippen LogP contribution in [0.4, 0.5) is 4.79 Å². The molecule has 0 aliphatic carbocycles. The van der Waals surface area contributed by atoms with Gasteiger partial charge in [0.15, 0.2) is 0 Å². The van der Waals surface area contributed by atoms with Crippen molar-refractivity contribution in [3.05, 3.63) is 29.5 Å². The first-order valence-electron chi connectivity index (χ1n) is 5.20. The van der Waals surface area contributed by atoms with Crippen molar-refractivity contribution in [2.45, 2.75) is 0 Å². The Morgan fingerprint density at radius 1 is 1.11 bits per heavy atom. The first-order chi connectivity index (χ1) is 8.63. The fourth-order valence-corrected chi connectivity index (χ4v) is 1.58. The summed E-state index contributed by atoms with van der Waals surface area (Å²) < 4.78 is 10.3. The summed E-state index contributed by atoms with van der Waals surface area (Å²) in [5.74, 6) is 0.738. The lowest BCUT2D eigenvalue weighted by molar-refractivity contribution is -0.115. The number of urea groups is 1. The molecule has 94 valence electrons. The predicted molar refractivity (Wildman–Crippen MR) is 64.2 cm³/mol. The molecule has 6 nitrogen and oxygen atoms in total. The Balaban J connectivity index is 2.37. The van der Waals surface area contributed by atoms with Crippen LogP contribution in [-0.2, 0) is 4.79 Å². The van der Waals surface area contributed by atoms with E-state index in [1.165, 1.54) is 7.11 Å². The monoisotopic (exact) mass is 248 g/mol. The Morgan fingerprint density at radius 3 is 2.44 bits per heavy atom. The van der Waals surface area contributed by atoms with E-state index in [4.69, 9.17) is 9.47 Å². The summed E-state index contributed by atoms with van der Waals surface area (Å²) in [6, 6.07) is 4.64. The average Bonchev–Trinajstić information content (AvgIpc) is 2.68. The van der Waals surface area contributed by atoms with Crippen LogP contribution < -0.4 is 20.1 Å². The van der Waals surface area contributed by atoms with Gasteiger partial charge in [-0.25, -0.2) is 4.79 Å². The highest BCUT2D eigenvalue weighted by atomic mass is 16.5. The number of hydrogen-bond acceptors (Lipinski definition) is 4. The largest absolute Gasteiger partial charge is 0.497 e. The molecule has 0 radical (unpaired) electrons. The number of rotatable bonds is 3. The molecule has 0 aromatic heterocycles. The third-order valence-electron chi connectivity index (χ3n) is 2.46. The summed E-state index contributed by atoms with van der Waals surface area (Å²) in [5, 5.41) is 4.53. The summed E-state index contributed by atoms with van der Waals surface area (Å²) in [4.78, 5) is 22.4. The Labute approximate surface area is 104 Å². The van der Waals surface area contributed by atoms with Gasteiger partial charge in [0, 0.05) is 11.6 Å². The van der Waals surface area contributed by atoms with Crippen LogP contribution in [0.1, 0.15) is 5.56 Å². The van der Waals surface area contributed by atoms with Gasteiger partial charge in [-0.15, -0.1) is 0 Å². The van der Waals surface area contributed by atoms with Crippen molar-refractivity contribution < 1.29 is 19.1 Å². The van der Waals surface area contributed by atoms with E-state index >= 15 is 0 Å². The molecule has 0 atom stereocenters. The highest BCUT2D eigenvalue weighted by Gasteiger charge is 2.23.